The molecule has 124 valence electrons. The van der Waals surface area contributed by atoms with Crippen LogP contribution < -0.4 is 4.74 Å². The lowest BCUT2D eigenvalue weighted by atomic mass is 10.2. The van der Waals surface area contributed by atoms with Crippen LogP contribution in [0.15, 0.2) is 46.9 Å². The van der Waals surface area contributed by atoms with E-state index < -0.39 is 22.8 Å². The number of rotatable bonds is 3. The average Bonchev–Trinajstić information content (AvgIpc) is 3.02. The number of halogens is 3. The molecule has 0 N–H and O–H groups in total. The van der Waals surface area contributed by atoms with Crippen molar-refractivity contribution in [1.82, 2.24) is 9.55 Å². The summed E-state index contributed by atoms with van der Waals surface area (Å²) < 4.78 is 45.4. The summed E-state index contributed by atoms with van der Waals surface area (Å²) in [4.78, 5) is 4.51. The first kappa shape index (κ1) is 15.7. The summed E-state index contributed by atoms with van der Waals surface area (Å²) >= 11 is 3.42. The minimum Gasteiger partial charge on any atom is -0.434 e. The van der Waals surface area contributed by atoms with Crippen molar-refractivity contribution in [2.24, 2.45) is 0 Å². The van der Waals surface area contributed by atoms with Crippen LogP contribution in [-0.2, 0) is 16.6 Å². The summed E-state index contributed by atoms with van der Waals surface area (Å²) in [7, 11) is -1.30. The number of ether oxygens (including phenoxy) is 1. The van der Waals surface area contributed by atoms with E-state index in [1.807, 2.05) is 22.8 Å². The van der Waals surface area contributed by atoms with Gasteiger partial charge in [-0.3, -0.25) is 4.21 Å². The maximum Gasteiger partial charge on any atom is 0.387 e. The monoisotopic (exact) mass is 412 g/mol. The van der Waals surface area contributed by atoms with E-state index >= 15 is 0 Å². The van der Waals surface area contributed by atoms with E-state index in [0.29, 0.717) is 11.4 Å². The lowest BCUT2D eigenvalue weighted by molar-refractivity contribution is -0.0505. The maximum absolute atomic E-state index is 12.7. The molecule has 4 nitrogen and oxygen atoms in total. The molecule has 0 aliphatic carbocycles. The van der Waals surface area contributed by atoms with Gasteiger partial charge in [-0.1, -0.05) is 34.1 Å². The minimum absolute atomic E-state index is 0.0375. The van der Waals surface area contributed by atoms with Gasteiger partial charge in [-0.15, -0.1) is 0 Å². The number of hydrogen-bond donors (Lipinski definition) is 0. The summed E-state index contributed by atoms with van der Waals surface area (Å²) in [6, 6.07) is 12.1. The quantitative estimate of drug-likeness (QED) is 0.646. The van der Waals surface area contributed by atoms with Crippen LogP contribution in [0.2, 0.25) is 0 Å². The highest BCUT2D eigenvalue weighted by molar-refractivity contribution is 9.10. The summed E-state index contributed by atoms with van der Waals surface area (Å²) in [5, 5.41) is -0.603. The third kappa shape index (κ3) is 2.53. The van der Waals surface area contributed by atoms with E-state index in [1.54, 1.807) is 18.2 Å². The van der Waals surface area contributed by atoms with Crippen LogP contribution in [0.1, 0.15) is 16.8 Å². The third-order valence-corrected chi connectivity index (χ3v) is 5.88. The first-order valence-electron chi connectivity index (χ1n) is 7.12. The van der Waals surface area contributed by atoms with E-state index in [1.165, 1.54) is 6.07 Å². The third-order valence-electron chi connectivity index (χ3n) is 3.88. The molecular weight excluding hydrogens is 402 g/mol. The summed E-state index contributed by atoms with van der Waals surface area (Å²) in [5.41, 5.74) is 2.05. The van der Waals surface area contributed by atoms with Gasteiger partial charge in [0.2, 0.25) is 0 Å². The number of benzene rings is 2. The molecule has 24 heavy (non-hydrogen) atoms. The standard InChI is InChI=1S/C16H11BrF2N2O2S/c17-9-5-6-11-12(7-9)21-14(20-11)8-24(22)15(21)10-3-1-2-4-13(10)23-16(18)19/h1-7,15-16H,8H2. The van der Waals surface area contributed by atoms with Crippen molar-refractivity contribution in [2.75, 3.05) is 0 Å². The molecule has 0 spiro atoms. The zero-order valence-electron chi connectivity index (χ0n) is 12.2. The number of imidazole rings is 1. The largest absolute Gasteiger partial charge is 0.434 e. The lowest BCUT2D eigenvalue weighted by Gasteiger charge is -2.18. The van der Waals surface area contributed by atoms with Gasteiger partial charge in [-0.25, -0.2) is 4.98 Å². The van der Waals surface area contributed by atoms with Gasteiger partial charge in [0.1, 0.15) is 16.9 Å². The zero-order valence-corrected chi connectivity index (χ0v) is 14.6. The second-order valence-electron chi connectivity index (χ2n) is 5.32. The van der Waals surface area contributed by atoms with E-state index in [0.717, 1.165) is 15.5 Å². The number of alkyl halides is 2. The Labute approximate surface area is 147 Å². The first-order chi connectivity index (χ1) is 11.5. The highest BCUT2D eigenvalue weighted by Crippen LogP contribution is 2.40. The second kappa shape index (κ2) is 5.93. The molecular formula is C16H11BrF2N2O2S. The molecule has 0 saturated carbocycles. The van der Waals surface area contributed by atoms with Crippen molar-refractivity contribution in [1.29, 1.82) is 0 Å². The van der Waals surface area contributed by atoms with Gasteiger partial charge in [0.25, 0.3) is 0 Å². The van der Waals surface area contributed by atoms with Crippen LogP contribution in [0.25, 0.3) is 11.0 Å². The molecule has 4 rings (SSSR count). The molecule has 0 amide bonds. The van der Waals surface area contributed by atoms with E-state index in [9.17, 15) is 13.0 Å². The second-order valence-corrected chi connectivity index (χ2v) is 7.74. The van der Waals surface area contributed by atoms with E-state index in [2.05, 4.69) is 25.7 Å². The molecule has 2 aromatic carbocycles. The summed E-state index contributed by atoms with van der Waals surface area (Å²) in [5.74, 6) is 0.994. The number of nitrogens with zero attached hydrogens (tertiary/aromatic N) is 2. The lowest BCUT2D eigenvalue weighted by Crippen LogP contribution is -2.13. The Morgan fingerprint density at radius 2 is 2.08 bits per heavy atom. The normalized spacial score (nSPS) is 19.8. The Balaban J connectivity index is 1.91. The smallest absolute Gasteiger partial charge is 0.387 e. The van der Waals surface area contributed by atoms with Gasteiger partial charge < -0.3 is 9.30 Å². The molecule has 1 aromatic heterocycles. The Morgan fingerprint density at radius 1 is 1.29 bits per heavy atom. The minimum atomic E-state index is -2.94. The SMILES string of the molecule is O=S1Cc2nc3ccc(Br)cc3n2C1c1ccccc1OC(F)F. The molecule has 0 saturated heterocycles. The highest BCUT2D eigenvalue weighted by Gasteiger charge is 2.35. The molecule has 1 aliphatic rings. The topological polar surface area (TPSA) is 44.1 Å². The van der Waals surface area contributed by atoms with Gasteiger partial charge in [0, 0.05) is 10.0 Å². The molecule has 1 aliphatic heterocycles. The Morgan fingerprint density at radius 3 is 2.88 bits per heavy atom. The Kier molecular flexibility index (Phi) is 3.88. The van der Waals surface area contributed by atoms with Crippen LogP contribution in [0.3, 0.4) is 0 Å². The zero-order chi connectivity index (χ0) is 16.8. The van der Waals surface area contributed by atoms with Crippen LogP contribution >= 0.6 is 15.9 Å². The van der Waals surface area contributed by atoms with Gasteiger partial charge >= 0.3 is 6.61 Å². The predicted molar refractivity (Wildman–Crippen MR) is 90.5 cm³/mol. The Bertz CT molecular complexity index is 960. The molecule has 2 unspecified atom stereocenters. The van der Waals surface area contributed by atoms with E-state index in [4.69, 9.17) is 0 Å². The fourth-order valence-corrected chi connectivity index (χ4v) is 4.89. The predicted octanol–water partition coefficient (Wildman–Crippen LogP) is 4.21. The number of para-hydroxylation sites is 1. The molecule has 3 aromatic rings. The van der Waals surface area contributed by atoms with Crippen LogP contribution in [-0.4, -0.2) is 20.4 Å². The van der Waals surface area contributed by atoms with Gasteiger partial charge in [-0.2, -0.15) is 8.78 Å². The summed E-state index contributed by atoms with van der Waals surface area (Å²) in [6.07, 6.45) is 0. The van der Waals surface area contributed by atoms with Gasteiger partial charge in [-0.05, 0) is 24.3 Å². The number of fused-ring (bicyclic) bond motifs is 3. The fraction of sp³-hybridized carbons (Fsp3) is 0.188. The molecule has 2 atom stereocenters. The van der Waals surface area contributed by atoms with Crippen LogP contribution in [0.4, 0.5) is 8.78 Å². The van der Waals surface area contributed by atoms with Crippen LogP contribution in [0.5, 0.6) is 5.75 Å². The first-order valence-corrected chi connectivity index (χ1v) is 9.29. The molecule has 0 bridgehead atoms. The summed E-state index contributed by atoms with van der Waals surface area (Å²) in [6.45, 7) is -2.94. The molecule has 2 heterocycles. The fourth-order valence-electron chi connectivity index (χ4n) is 2.97. The van der Waals surface area contributed by atoms with Crippen molar-refractivity contribution in [3.05, 3.63) is 58.3 Å². The molecule has 0 radical (unpaired) electrons. The van der Waals surface area contributed by atoms with Crippen molar-refractivity contribution in [3.63, 3.8) is 0 Å². The molecule has 0 fully saturated rings. The van der Waals surface area contributed by atoms with E-state index in [-0.39, 0.29) is 11.5 Å². The van der Waals surface area contributed by atoms with Crippen molar-refractivity contribution in [3.8, 4) is 5.75 Å². The number of aromatic nitrogens is 2. The van der Waals surface area contributed by atoms with Crippen molar-refractivity contribution >= 4 is 37.8 Å². The Hall–Kier alpha value is -1.80. The van der Waals surface area contributed by atoms with Gasteiger partial charge in [0.15, 0.2) is 0 Å². The average molecular weight is 413 g/mol. The van der Waals surface area contributed by atoms with Crippen LogP contribution in [0, 0.1) is 0 Å². The van der Waals surface area contributed by atoms with Gasteiger partial charge in [0.05, 0.1) is 27.6 Å². The van der Waals surface area contributed by atoms with Crippen molar-refractivity contribution < 1.29 is 17.7 Å². The highest BCUT2D eigenvalue weighted by atomic mass is 79.9. The molecule has 8 heteroatoms. The number of hydrogen-bond acceptors (Lipinski definition) is 3. The maximum atomic E-state index is 12.7. The van der Waals surface area contributed by atoms with Crippen molar-refractivity contribution in [2.45, 2.75) is 17.7 Å².